The lowest BCUT2D eigenvalue weighted by atomic mass is 10.0. The van der Waals surface area contributed by atoms with Crippen LogP contribution in [0.25, 0.3) is 0 Å². The summed E-state index contributed by atoms with van der Waals surface area (Å²) in [4.78, 5) is 23.9. The van der Waals surface area contributed by atoms with Gasteiger partial charge >= 0.3 is 11.9 Å². The maximum absolute atomic E-state index is 13.7. The Bertz CT molecular complexity index is 1270. The molecule has 6 nitrogen and oxygen atoms in total. The van der Waals surface area contributed by atoms with Gasteiger partial charge in [0.05, 0.1) is 37.3 Å². The Morgan fingerprint density at radius 3 is 1.27 bits per heavy atom. The van der Waals surface area contributed by atoms with E-state index in [1.807, 2.05) is 0 Å². The highest BCUT2D eigenvalue weighted by atomic mass is 19.2. The fraction of sp³-hybridized carbons (Fsp3) is 0.440. The van der Waals surface area contributed by atoms with Crippen molar-refractivity contribution in [1.29, 1.82) is 0 Å². The van der Waals surface area contributed by atoms with E-state index in [2.05, 4.69) is 9.47 Å². The standard InChI is InChI=1S/C25H22F10O6/c1-24(2,38-7-5-10(36)40-22-18(32)14(28)12(26)15(29)19(22)33)6-8-39-25(3,4)9-11(37)41-23-20(34)16(30)13(27)17(31)21(23)35/h5-9H2,1-4H3. The van der Waals surface area contributed by atoms with Crippen molar-refractivity contribution >= 4 is 11.9 Å². The first-order valence-electron chi connectivity index (χ1n) is 11.5. The topological polar surface area (TPSA) is 71.1 Å². The lowest BCUT2D eigenvalue weighted by molar-refractivity contribution is -0.142. The molecule has 0 bridgehead atoms. The van der Waals surface area contributed by atoms with Gasteiger partial charge in [-0.1, -0.05) is 0 Å². The molecule has 0 atom stereocenters. The number of esters is 2. The summed E-state index contributed by atoms with van der Waals surface area (Å²) in [5, 5.41) is 0. The molecule has 2 aromatic carbocycles. The van der Waals surface area contributed by atoms with E-state index >= 15 is 0 Å². The summed E-state index contributed by atoms with van der Waals surface area (Å²) in [6.07, 6.45) is -1.26. The molecule has 0 spiro atoms. The zero-order valence-electron chi connectivity index (χ0n) is 21.8. The molecular formula is C25H22F10O6. The average Bonchev–Trinajstić information content (AvgIpc) is 2.88. The third-order valence-corrected chi connectivity index (χ3v) is 5.34. The molecule has 0 aliphatic carbocycles. The van der Waals surface area contributed by atoms with Gasteiger partial charge in [-0.3, -0.25) is 9.59 Å². The van der Waals surface area contributed by atoms with Crippen LogP contribution in [0.3, 0.4) is 0 Å². The molecule has 0 aromatic heterocycles. The van der Waals surface area contributed by atoms with Gasteiger partial charge in [0.25, 0.3) is 0 Å². The van der Waals surface area contributed by atoms with Crippen LogP contribution in [0.1, 0.15) is 47.0 Å². The average molecular weight is 608 g/mol. The number of benzene rings is 2. The smallest absolute Gasteiger partial charge is 0.314 e. The van der Waals surface area contributed by atoms with E-state index in [0.29, 0.717) is 0 Å². The number of carbonyl (C=O) groups is 2. The van der Waals surface area contributed by atoms with Crippen LogP contribution in [0.15, 0.2) is 0 Å². The third kappa shape index (κ3) is 8.31. The van der Waals surface area contributed by atoms with Gasteiger partial charge in [0, 0.05) is 0 Å². The van der Waals surface area contributed by atoms with Crippen LogP contribution in [0.2, 0.25) is 0 Å². The largest absolute Gasteiger partial charge is 0.420 e. The lowest BCUT2D eigenvalue weighted by Gasteiger charge is -2.29. The summed E-state index contributed by atoms with van der Waals surface area (Å²) in [5.74, 6) is -29.6. The van der Waals surface area contributed by atoms with Crippen molar-refractivity contribution in [3.8, 4) is 11.5 Å². The summed E-state index contributed by atoms with van der Waals surface area (Å²) >= 11 is 0. The molecule has 0 aliphatic rings. The molecule has 16 heteroatoms. The van der Waals surface area contributed by atoms with Gasteiger partial charge < -0.3 is 18.9 Å². The van der Waals surface area contributed by atoms with Crippen molar-refractivity contribution in [2.75, 3.05) is 13.2 Å². The first kappa shape index (κ1) is 33.8. The Morgan fingerprint density at radius 2 is 0.854 bits per heavy atom. The zero-order valence-corrected chi connectivity index (χ0v) is 21.8. The van der Waals surface area contributed by atoms with E-state index in [1.165, 1.54) is 27.7 Å². The minimum absolute atomic E-state index is 0.0792. The minimum Gasteiger partial charge on any atom is -0.420 e. The molecule has 0 unspecified atom stereocenters. The number of hydrogen-bond acceptors (Lipinski definition) is 6. The highest BCUT2D eigenvalue weighted by Gasteiger charge is 2.32. The number of rotatable bonds is 12. The van der Waals surface area contributed by atoms with Gasteiger partial charge in [0.1, 0.15) is 0 Å². The second-order valence-corrected chi connectivity index (χ2v) is 9.64. The highest BCUT2D eigenvalue weighted by Crippen LogP contribution is 2.31. The molecule has 0 aliphatic heterocycles. The Labute approximate surface area is 226 Å². The second kappa shape index (κ2) is 13.1. The first-order chi connectivity index (χ1) is 18.8. The van der Waals surface area contributed by atoms with Crippen LogP contribution in [-0.2, 0) is 19.1 Å². The molecular weight excluding hydrogens is 586 g/mol. The quantitative estimate of drug-likeness (QED) is 0.0920. The number of hydrogen-bond donors (Lipinski definition) is 0. The van der Waals surface area contributed by atoms with Gasteiger partial charge in [0.15, 0.2) is 0 Å². The van der Waals surface area contributed by atoms with Gasteiger partial charge in [0.2, 0.25) is 69.7 Å². The van der Waals surface area contributed by atoms with E-state index in [0.717, 1.165) is 0 Å². The predicted octanol–water partition coefficient (Wildman–Crippen LogP) is 6.35. The molecule has 2 aromatic rings. The summed E-state index contributed by atoms with van der Waals surface area (Å²) in [7, 11) is 0. The van der Waals surface area contributed by atoms with Crippen LogP contribution in [0.4, 0.5) is 43.9 Å². The number of halogens is 10. The maximum atomic E-state index is 13.7. The summed E-state index contributed by atoms with van der Waals surface area (Å²) in [5.41, 5.74) is -2.41. The van der Waals surface area contributed by atoms with E-state index in [4.69, 9.17) is 9.47 Å². The molecule has 41 heavy (non-hydrogen) atoms. The van der Waals surface area contributed by atoms with Gasteiger partial charge in [-0.2, -0.15) is 17.6 Å². The van der Waals surface area contributed by atoms with Crippen molar-refractivity contribution in [1.82, 2.24) is 0 Å². The summed E-state index contributed by atoms with van der Waals surface area (Å²) in [6, 6.07) is 0. The van der Waals surface area contributed by atoms with Crippen molar-refractivity contribution in [3.63, 3.8) is 0 Å². The highest BCUT2D eigenvalue weighted by molar-refractivity contribution is 5.73. The maximum Gasteiger partial charge on any atom is 0.314 e. The van der Waals surface area contributed by atoms with Crippen LogP contribution in [0.5, 0.6) is 11.5 Å². The van der Waals surface area contributed by atoms with E-state index in [-0.39, 0.29) is 13.0 Å². The van der Waals surface area contributed by atoms with Crippen molar-refractivity contribution < 1.29 is 72.4 Å². The van der Waals surface area contributed by atoms with Crippen LogP contribution >= 0.6 is 0 Å². The molecule has 0 saturated carbocycles. The van der Waals surface area contributed by atoms with Gasteiger partial charge in [-0.15, -0.1) is 0 Å². The zero-order chi connectivity index (χ0) is 31.4. The van der Waals surface area contributed by atoms with E-state index < -0.39 is 112 Å². The Hall–Kier alpha value is -3.40. The molecule has 0 amide bonds. The molecule has 0 radical (unpaired) electrons. The molecule has 228 valence electrons. The molecule has 0 heterocycles. The Balaban J connectivity index is 1.85. The second-order valence-electron chi connectivity index (χ2n) is 9.64. The summed E-state index contributed by atoms with van der Waals surface area (Å²) < 4.78 is 153. The molecule has 0 saturated heterocycles. The van der Waals surface area contributed by atoms with Crippen LogP contribution in [-0.4, -0.2) is 36.4 Å². The van der Waals surface area contributed by atoms with Crippen LogP contribution in [0, 0.1) is 58.2 Å². The normalized spacial score (nSPS) is 12.0. The fourth-order valence-electron chi connectivity index (χ4n) is 3.12. The van der Waals surface area contributed by atoms with Crippen molar-refractivity contribution in [3.05, 3.63) is 58.2 Å². The molecule has 0 N–H and O–H groups in total. The van der Waals surface area contributed by atoms with Crippen molar-refractivity contribution in [2.24, 2.45) is 0 Å². The lowest BCUT2D eigenvalue weighted by Crippen LogP contribution is -2.34. The molecule has 0 fully saturated rings. The fourth-order valence-corrected chi connectivity index (χ4v) is 3.12. The van der Waals surface area contributed by atoms with Gasteiger partial charge in [-0.05, 0) is 34.1 Å². The summed E-state index contributed by atoms with van der Waals surface area (Å²) in [6.45, 7) is 5.21. The third-order valence-electron chi connectivity index (χ3n) is 5.34. The first-order valence-corrected chi connectivity index (χ1v) is 11.5. The van der Waals surface area contributed by atoms with Crippen LogP contribution < -0.4 is 9.47 Å². The predicted molar refractivity (Wildman–Crippen MR) is 118 cm³/mol. The number of carbonyl (C=O) groups excluding carboxylic acids is 2. The Kier molecular flexibility index (Phi) is 10.8. The number of ether oxygens (including phenoxy) is 4. The van der Waals surface area contributed by atoms with Crippen molar-refractivity contribution in [2.45, 2.75) is 58.2 Å². The SMILES string of the molecule is CC(C)(CCOC(C)(C)CC(=O)Oc1c(F)c(F)c(F)c(F)c1F)OCCC(=O)Oc1c(F)c(F)c(F)c(F)c1F. The van der Waals surface area contributed by atoms with E-state index in [9.17, 15) is 53.5 Å². The van der Waals surface area contributed by atoms with E-state index in [1.54, 1.807) is 0 Å². The monoisotopic (exact) mass is 608 g/mol. The Morgan fingerprint density at radius 1 is 0.512 bits per heavy atom. The minimum atomic E-state index is -2.42. The molecule has 2 rings (SSSR count). The van der Waals surface area contributed by atoms with Gasteiger partial charge in [-0.25, -0.2) is 26.3 Å².